The minimum atomic E-state index is -0.713. The van der Waals surface area contributed by atoms with Gasteiger partial charge in [-0.25, -0.2) is 4.79 Å². The van der Waals surface area contributed by atoms with Gasteiger partial charge in [-0.15, -0.1) is 0 Å². The number of anilines is 1. The zero-order valence-electron chi connectivity index (χ0n) is 16.5. The minimum absolute atomic E-state index is 0.293. The van der Waals surface area contributed by atoms with Crippen molar-refractivity contribution in [2.75, 3.05) is 25.1 Å². The first kappa shape index (κ1) is 23.7. The molecule has 0 radical (unpaired) electrons. The summed E-state index contributed by atoms with van der Waals surface area (Å²) in [4.78, 5) is 36.3. The maximum atomic E-state index is 12.3. The third kappa shape index (κ3) is 7.68. The van der Waals surface area contributed by atoms with Gasteiger partial charge in [-0.1, -0.05) is 37.6 Å². The zero-order chi connectivity index (χ0) is 22.1. The van der Waals surface area contributed by atoms with Crippen LogP contribution in [0.4, 0.5) is 5.69 Å². The topological polar surface area (TPSA) is 93.7 Å². The Hall–Kier alpha value is -2.58. The van der Waals surface area contributed by atoms with Crippen molar-refractivity contribution in [3.8, 4) is 5.75 Å². The summed E-state index contributed by atoms with van der Waals surface area (Å²) in [6, 6.07) is 11.5. The molecule has 0 aliphatic rings. The van der Waals surface area contributed by atoms with Gasteiger partial charge in [-0.3, -0.25) is 9.59 Å². The number of hydrogen-bond donors (Lipinski definition) is 2. The Morgan fingerprint density at radius 1 is 1.10 bits per heavy atom. The molecule has 0 heterocycles. The van der Waals surface area contributed by atoms with Crippen molar-refractivity contribution in [3.05, 3.63) is 57.5 Å². The third-order valence-electron chi connectivity index (χ3n) is 3.72. The molecule has 2 aromatic rings. The molecule has 2 amide bonds. The fourth-order valence-corrected chi connectivity index (χ4v) is 3.08. The van der Waals surface area contributed by atoms with E-state index in [0.717, 1.165) is 0 Å². The quantitative estimate of drug-likeness (QED) is 0.510. The van der Waals surface area contributed by atoms with Crippen molar-refractivity contribution in [3.63, 3.8) is 0 Å². The number of para-hydroxylation sites is 1. The molecule has 7 nitrogen and oxygen atoms in total. The highest BCUT2D eigenvalue weighted by atomic mass is 79.9. The highest BCUT2D eigenvalue weighted by Gasteiger charge is 2.15. The molecule has 0 fully saturated rings. The Bertz CT molecular complexity index is 920. The average Bonchev–Trinajstić information content (AvgIpc) is 2.70. The molecule has 9 heteroatoms. The first-order chi connectivity index (χ1) is 14.3. The van der Waals surface area contributed by atoms with Crippen LogP contribution in [0.5, 0.6) is 5.75 Å². The van der Waals surface area contributed by atoms with Crippen LogP contribution in [0.3, 0.4) is 0 Å². The number of rotatable bonds is 9. The summed E-state index contributed by atoms with van der Waals surface area (Å²) in [5.41, 5.74) is 0.662. The van der Waals surface area contributed by atoms with Gasteiger partial charge in [0.1, 0.15) is 5.75 Å². The fourth-order valence-electron chi connectivity index (χ4n) is 2.29. The molecule has 0 saturated heterocycles. The number of nitrogens with one attached hydrogen (secondary N) is 2. The van der Waals surface area contributed by atoms with Crippen LogP contribution in [-0.4, -0.2) is 37.5 Å². The van der Waals surface area contributed by atoms with Crippen molar-refractivity contribution in [1.29, 1.82) is 0 Å². The maximum Gasteiger partial charge on any atom is 0.344 e. The molecule has 160 valence electrons. The highest BCUT2D eigenvalue weighted by molar-refractivity contribution is 9.10. The van der Waals surface area contributed by atoms with Crippen LogP contribution in [0.15, 0.2) is 46.9 Å². The third-order valence-corrected chi connectivity index (χ3v) is 4.58. The van der Waals surface area contributed by atoms with E-state index in [4.69, 9.17) is 21.1 Å². The Morgan fingerprint density at radius 3 is 2.53 bits per heavy atom. The van der Waals surface area contributed by atoms with Gasteiger partial charge < -0.3 is 20.1 Å². The predicted octanol–water partition coefficient (Wildman–Crippen LogP) is 4.05. The second-order valence-electron chi connectivity index (χ2n) is 6.72. The van der Waals surface area contributed by atoms with Gasteiger partial charge in [-0.05, 0) is 52.2 Å². The predicted molar refractivity (Wildman–Crippen MR) is 118 cm³/mol. The highest BCUT2D eigenvalue weighted by Crippen LogP contribution is 2.27. The number of amides is 2. The molecule has 0 unspecified atom stereocenters. The van der Waals surface area contributed by atoms with Crippen molar-refractivity contribution in [2.45, 2.75) is 13.8 Å². The standard InChI is InChI=1S/C21H22BrClN2O5/c1-13(2)10-24-21(28)15-5-3-4-6-17(15)25-19(26)11-30-20(27)12-29-18-8-7-14(23)9-16(18)22/h3-9,13H,10-12H2,1-2H3,(H,24,28)(H,25,26). The first-order valence-electron chi connectivity index (χ1n) is 9.16. The zero-order valence-corrected chi connectivity index (χ0v) is 18.9. The molecule has 2 N–H and O–H groups in total. The lowest BCUT2D eigenvalue weighted by atomic mass is 10.1. The molecule has 0 saturated carbocycles. The molecule has 2 aromatic carbocycles. The average molecular weight is 498 g/mol. The molecule has 30 heavy (non-hydrogen) atoms. The van der Waals surface area contributed by atoms with E-state index in [2.05, 4.69) is 26.6 Å². The van der Waals surface area contributed by atoms with Gasteiger partial charge in [-0.2, -0.15) is 0 Å². The van der Waals surface area contributed by atoms with Gasteiger partial charge in [0.2, 0.25) is 0 Å². The number of carbonyl (C=O) groups is 3. The largest absolute Gasteiger partial charge is 0.481 e. The number of benzene rings is 2. The van der Waals surface area contributed by atoms with Crippen molar-refractivity contribution >= 4 is 51.0 Å². The molecule has 0 aliphatic heterocycles. The summed E-state index contributed by atoms with van der Waals surface area (Å²) < 4.78 is 10.8. The number of halogens is 2. The summed E-state index contributed by atoms with van der Waals surface area (Å²) in [5.74, 6) is -0.860. The van der Waals surface area contributed by atoms with Crippen molar-refractivity contribution in [2.24, 2.45) is 5.92 Å². The molecule has 0 aliphatic carbocycles. The van der Waals surface area contributed by atoms with Crippen LogP contribution in [0.25, 0.3) is 0 Å². The summed E-state index contributed by atoms with van der Waals surface area (Å²) in [5, 5.41) is 5.90. The van der Waals surface area contributed by atoms with E-state index in [0.29, 0.717) is 39.0 Å². The summed E-state index contributed by atoms with van der Waals surface area (Å²) in [6.07, 6.45) is 0. The molecule has 0 aromatic heterocycles. The lowest BCUT2D eigenvalue weighted by Gasteiger charge is -2.13. The Balaban J connectivity index is 1.84. The van der Waals surface area contributed by atoms with E-state index < -0.39 is 18.5 Å². The van der Waals surface area contributed by atoms with E-state index in [1.54, 1.807) is 42.5 Å². The molecule has 0 bridgehead atoms. The first-order valence-corrected chi connectivity index (χ1v) is 10.3. The van der Waals surface area contributed by atoms with Crippen LogP contribution >= 0.6 is 27.5 Å². The van der Waals surface area contributed by atoms with E-state index in [1.165, 1.54) is 0 Å². The fraction of sp³-hybridized carbons (Fsp3) is 0.286. The van der Waals surface area contributed by atoms with Crippen molar-refractivity contribution in [1.82, 2.24) is 5.32 Å². The van der Waals surface area contributed by atoms with Gasteiger partial charge in [0, 0.05) is 11.6 Å². The maximum absolute atomic E-state index is 12.3. The van der Waals surface area contributed by atoms with Crippen molar-refractivity contribution < 1.29 is 23.9 Å². The minimum Gasteiger partial charge on any atom is -0.481 e. The van der Waals surface area contributed by atoms with E-state index in [-0.39, 0.29) is 12.5 Å². The number of ether oxygens (including phenoxy) is 2. The van der Waals surface area contributed by atoms with E-state index in [9.17, 15) is 14.4 Å². The summed E-state index contributed by atoms with van der Waals surface area (Å²) in [6.45, 7) is 3.60. The van der Waals surface area contributed by atoms with E-state index >= 15 is 0 Å². The van der Waals surface area contributed by atoms with Crippen LogP contribution < -0.4 is 15.4 Å². The number of esters is 1. The summed E-state index contributed by atoms with van der Waals surface area (Å²) >= 11 is 9.12. The van der Waals surface area contributed by atoms with Crippen LogP contribution in [0.2, 0.25) is 5.02 Å². The monoisotopic (exact) mass is 496 g/mol. The molecule has 0 spiro atoms. The van der Waals surface area contributed by atoms with Gasteiger partial charge in [0.15, 0.2) is 13.2 Å². The summed E-state index contributed by atoms with van der Waals surface area (Å²) in [7, 11) is 0. The van der Waals surface area contributed by atoms with E-state index in [1.807, 2.05) is 13.8 Å². The van der Waals surface area contributed by atoms with Gasteiger partial charge >= 0.3 is 5.97 Å². The number of hydrogen-bond acceptors (Lipinski definition) is 5. The second kappa shape index (κ2) is 11.6. The lowest BCUT2D eigenvalue weighted by Crippen LogP contribution is -2.29. The lowest BCUT2D eigenvalue weighted by molar-refractivity contribution is -0.149. The van der Waals surface area contributed by atoms with Crippen LogP contribution in [0.1, 0.15) is 24.2 Å². The molecule has 0 atom stereocenters. The second-order valence-corrected chi connectivity index (χ2v) is 8.01. The number of carbonyl (C=O) groups excluding carboxylic acids is 3. The van der Waals surface area contributed by atoms with Crippen LogP contribution in [-0.2, 0) is 14.3 Å². The Labute approximate surface area is 188 Å². The molecule has 2 rings (SSSR count). The van der Waals surface area contributed by atoms with Gasteiger partial charge in [0.25, 0.3) is 11.8 Å². The molecular weight excluding hydrogens is 476 g/mol. The van der Waals surface area contributed by atoms with Crippen LogP contribution in [0, 0.1) is 5.92 Å². The van der Waals surface area contributed by atoms with Gasteiger partial charge in [0.05, 0.1) is 15.7 Å². The molecular formula is C21H22BrClN2O5. The smallest absolute Gasteiger partial charge is 0.344 e. The SMILES string of the molecule is CC(C)CNC(=O)c1ccccc1NC(=O)COC(=O)COc1ccc(Cl)cc1Br. The Kier molecular flexibility index (Phi) is 9.14. The normalized spacial score (nSPS) is 10.4. The Morgan fingerprint density at radius 2 is 1.83 bits per heavy atom.